The van der Waals surface area contributed by atoms with E-state index in [4.69, 9.17) is 5.73 Å². The van der Waals surface area contributed by atoms with Crippen LogP contribution >= 0.6 is 0 Å². The van der Waals surface area contributed by atoms with Gasteiger partial charge >= 0.3 is 0 Å². The minimum absolute atomic E-state index is 0.0496. The highest BCUT2D eigenvalue weighted by atomic mass is 19.1. The lowest BCUT2D eigenvalue weighted by Crippen LogP contribution is -2.26. The van der Waals surface area contributed by atoms with Gasteiger partial charge in [0.1, 0.15) is 5.82 Å². The van der Waals surface area contributed by atoms with Crippen LogP contribution in [0.2, 0.25) is 0 Å². The third-order valence-electron chi connectivity index (χ3n) is 5.50. The number of hydrogen-bond donors (Lipinski definition) is 3. The van der Waals surface area contributed by atoms with Gasteiger partial charge in [0.05, 0.1) is 0 Å². The summed E-state index contributed by atoms with van der Waals surface area (Å²) in [6.45, 7) is 0.472. The summed E-state index contributed by atoms with van der Waals surface area (Å²) in [6.07, 6.45) is 1.50. The lowest BCUT2D eigenvalue weighted by molar-refractivity contribution is -0.121. The Labute approximate surface area is 185 Å². The first-order valence-corrected chi connectivity index (χ1v) is 10.5. The van der Waals surface area contributed by atoms with Crippen LogP contribution in [0, 0.1) is 5.82 Å². The highest BCUT2D eigenvalue weighted by molar-refractivity contribution is 5.93. The van der Waals surface area contributed by atoms with Gasteiger partial charge in [0.25, 0.3) is 0 Å². The molecular formula is C26H24FN3O2. The molecule has 4 rings (SSSR count). The molecule has 0 radical (unpaired) electrons. The van der Waals surface area contributed by atoms with Crippen LogP contribution in [0.5, 0.6) is 0 Å². The van der Waals surface area contributed by atoms with Gasteiger partial charge in [-0.2, -0.15) is 0 Å². The number of amides is 2. The van der Waals surface area contributed by atoms with Gasteiger partial charge in [-0.1, -0.05) is 30.3 Å². The minimum atomic E-state index is -0.466. The Hall–Kier alpha value is -3.93. The van der Waals surface area contributed by atoms with Gasteiger partial charge in [-0.3, -0.25) is 9.59 Å². The van der Waals surface area contributed by atoms with Crippen molar-refractivity contribution in [1.82, 2.24) is 10.3 Å². The molecule has 0 fully saturated rings. The molecule has 4 N–H and O–H groups in total. The number of aryl methyl sites for hydroxylation is 1. The number of H-pyrrole nitrogens is 1. The number of aromatic amines is 1. The number of nitrogens with two attached hydrogens (primary N) is 1. The van der Waals surface area contributed by atoms with Crippen molar-refractivity contribution in [3.05, 3.63) is 95.3 Å². The fourth-order valence-electron chi connectivity index (χ4n) is 3.88. The van der Waals surface area contributed by atoms with E-state index in [2.05, 4.69) is 10.3 Å². The van der Waals surface area contributed by atoms with Crippen molar-refractivity contribution >= 4 is 22.7 Å². The average molecular weight is 429 g/mol. The number of halogens is 1. The van der Waals surface area contributed by atoms with Crippen LogP contribution in [0.1, 0.15) is 27.9 Å². The highest BCUT2D eigenvalue weighted by Gasteiger charge is 2.14. The molecule has 0 spiro atoms. The Balaban J connectivity index is 1.42. The summed E-state index contributed by atoms with van der Waals surface area (Å²) in [5, 5.41) is 4.00. The molecule has 2 amide bonds. The Kier molecular flexibility index (Phi) is 6.31. The number of hydrogen-bond acceptors (Lipinski definition) is 2. The number of para-hydroxylation sites is 1. The number of nitrogens with one attached hydrogen (secondary N) is 2. The van der Waals surface area contributed by atoms with Gasteiger partial charge < -0.3 is 16.0 Å². The third kappa shape index (κ3) is 4.86. The molecule has 0 bridgehead atoms. The van der Waals surface area contributed by atoms with Crippen LogP contribution in [0.4, 0.5) is 4.39 Å². The zero-order valence-electron chi connectivity index (χ0n) is 17.5. The van der Waals surface area contributed by atoms with Gasteiger partial charge in [-0.25, -0.2) is 4.39 Å². The second kappa shape index (κ2) is 9.47. The number of carbonyl (C=O) groups excluding carboxylic acids is 2. The predicted octanol–water partition coefficient (Wildman–Crippen LogP) is 4.36. The molecule has 4 aromatic rings. The first-order valence-electron chi connectivity index (χ1n) is 10.5. The van der Waals surface area contributed by atoms with E-state index in [1.807, 2.05) is 30.3 Å². The first-order chi connectivity index (χ1) is 15.5. The van der Waals surface area contributed by atoms with E-state index < -0.39 is 5.91 Å². The monoisotopic (exact) mass is 429 g/mol. The number of aromatic nitrogens is 1. The first kappa shape index (κ1) is 21.3. The predicted molar refractivity (Wildman–Crippen MR) is 124 cm³/mol. The molecule has 0 aliphatic carbocycles. The van der Waals surface area contributed by atoms with E-state index in [1.54, 1.807) is 30.3 Å². The van der Waals surface area contributed by atoms with Crippen LogP contribution in [0.3, 0.4) is 0 Å². The second-order valence-electron chi connectivity index (χ2n) is 7.70. The van der Waals surface area contributed by atoms with Gasteiger partial charge in [0.15, 0.2) is 0 Å². The number of primary amides is 1. The molecule has 0 saturated carbocycles. The zero-order valence-corrected chi connectivity index (χ0v) is 17.5. The molecular weight excluding hydrogens is 405 g/mol. The normalized spacial score (nSPS) is 10.9. The van der Waals surface area contributed by atoms with Crippen molar-refractivity contribution < 1.29 is 14.0 Å². The number of benzene rings is 3. The summed E-state index contributed by atoms with van der Waals surface area (Å²) >= 11 is 0. The van der Waals surface area contributed by atoms with Gasteiger partial charge in [0, 0.05) is 35.1 Å². The molecule has 0 unspecified atom stereocenters. The summed E-state index contributed by atoms with van der Waals surface area (Å²) in [6, 6.07) is 21.4. The van der Waals surface area contributed by atoms with Crippen molar-refractivity contribution in [3.8, 4) is 11.3 Å². The van der Waals surface area contributed by atoms with Crippen LogP contribution < -0.4 is 11.1 Å². The Bertz CT molecular complexity index is 1260. The van der Waals surface area contributed by atoms with Gasteiger partial charge in [-0.15, -0.1) is 0 Å². The van der Waals surface area contributed by atoms with Gasteiger partial charge in [0.2, 0.25) is 11.8 Å². The Morgan fingerprint density at radius 2 is 1.72 bits per heavy atom. The molecule has 32 heavy (non-hydrogen) atoms. The lowest BCUT2D eigenvalue weighted by Gasteiger charge is -2.08. The Morgan fingerprint density at radius 3 is 2.50 bits per heavy atom. The van der Waals surface area contributed by atoms with Crippen LogP contribution in [0.25, 0.3) is 22.2 Å². The van der Waals surface area contributed by atoms with Crippen LogP contribution in [-0.2, 0) is 17.6 Å². The minimum Gasteiger partial charge on any atom is -0.366 e. The van der Waals surface area contributed by atoms with Crippen molar-refractivity contribution in [2.24, 2.45) is 5.73 Å². The SMILES string of the molecule is NC(=O)c1cccc(CCNC(=O)CCc2c(-c3ccc(F)cc3)[nH]c3ccccc23)c1. The van der Waals surface area contributed by atoms with Crippen molar-refractivity contribution in [1.29, 1.82) is 0 Å². The summed E-state index contributed by atoms with van der Waals surface area (Å²) in [7, 11) is 0. The molecule has 1 aromatic heterocycles. The summed E-state index contributed by atoms with van der Waals surface area (Å²) in [5.74, 6) is -0.801. The van der Waals surface area contributed by atoms with E-state index in [0.717, 1.165) is 33.3 Å². The summed E-state index contributed by atoms with van der Waals surface area (Å²) < 4.78 is 13.4. The van der Waals surface area contributed by atoms with Crippen molar-refractivity contribution in [2.45, 2.75) is 19.3 Å². The summed E-state index contributed by atoms with van der Waals surface area (Å²) in [5.41, 5.74) is 10.5. The zero-order chi connectivity index (χ0) is 22.5. The van der Waals surface area contributed by atoms with Crippen LogP contribution in [0.15, 0.2) is 72.8 Å². The molecule has 162 valence electrons. The highest BCUT2D eigenvalue weighted by Crippen LogP contribution is 2.31. The summed E-state index contributed by atoms with van der Waals surface area (Å²) in [4.78, 5) is 27.2. The standard InChI is InChI=1S/C26H24FN3O2/c27-20-10-8-18(9-11-20)25-22(21-6-1-2-7-23(21)30-25)12-13-24(31)29-15-14-17-4-3-5-19(16-17)26(28)32/h1-11,16,30H,12-15H2,(H2,28,32)(H,29,31). The van der Waals surface area contributed by atoms with E-state index in [0.29, 0.717) is 31.4 Å². The number of fused-ring (bicyclic) bond motifs is 1. The smallest absolute Gasteiger partial charge is 0.248 e. The Morgan fingerprint density at radius 1 is 0.938 bits per heavy atom. The molecule has 5 nitrogen and oxygen atoms in total. The molecule has 1 heterocycles. The number of carbonyl (C=O) groups is 2. The van der Waals surface area contributed by atoms with Crippen molar-refractivity contribution in [3.63, 3.8) is 0 Å². The molecule has 6 heteroatoms. The van der Waals surface area contributed by atoms with E-state index in [-0.39, 0.29) is 11.7 Å². The second-order valence-corrected chi connectivity index (χ2v) is 7.70. The topological polar surface area (TPSA) is 88.0 Å². The average Bonchev–Trinajstić information content (AvgIpc) is 3.17. The molecule has 0 saturated heterocycles. The fourth-order valence-corrected chi connectivity index (χ4v) is 3.88. The van der Waals surface area contributed by atoms with E-state index in [1.165, 1.54) is 12.1 Å². The molecule has 0 aliphatic heterocycles. The lowest BCUT2D eigenvalue weighted by atomic mass is 10.0. The maximum absolute atomic E-state index is 13.4. The molecule has 3 aromatic carbocycles. The molecule has 0 atom stereocenters. The van der Waals surface area contributed by atoms with Gasteiger partial charge in [-0.05, 0) is 72.0 Å². The molecule has 0 aliphatic rings. The maximum Gasteiger partial charge on any atom is 0.248 e. The maximum atomic E-state index is 13.4. The van der Waals surface area contributed by atoms with E-state index >= 15 is 0 Å². The number of rotatable bonds is 8. The van der Waals surface area contributed by atoms with Crippen LogP contribution in [-0.4, -0.2) is 23.3 Å². The van der Waals surface area contributed by atoms with Crippen molar-refractivity contribution in [2.75, 3.05) is 6.54 Å². The fraction of sp³-hybridized carbons (Fsp3) is 0.154. The largest absolute Gasteiger partial charge is 0.366 e. The van der Waals surface area contributed by atoms with E-state index in [9.17, 15) is 14.0 Å². The quantitative estimate of drug-likeness (QED) is 0.388. The third-order valence-corrected chi connectivity index (χ3v) is 5.50.